The summed E-state index contributed by atoms with van der Waals surface area (Å²) in [6, 6.07) is 0. The first-order valence-corrected chi connectivity index (χ1v) is 3.46. The van der Waals surface area contributed by atoms with E-state index < -0.39 is 12.5 Å². The zero-order chi connectivity index (χ0) is 8.32. The van der Waals surface area contributed by atoms with Crippen molar-refractivity contribution in [3.63, 3.8) is 0 Å². The van der Waals surface area contributed by atoms with Gasteiger partial charge >= 0.3 is 0 Å². The van der Waals surface area contributed by atoms with E-state index in [4.69, 9.17) is 9.84 Å². The first-order chi connectivity index (χ1) is 5.17. The van der Waals surface area contributed by atoms with Gasteiger partial charge in [-0.1, -0.05) is 0 Å². The van der Waals surface area contributed by atoms with Gasteiger partial charge in [0, 0.05) is 5.57 Å². The molecular formula is C7H10F2O2. The smallest absolute Gasteiger partial charge is 0.295 e. The van der Waals surface area contributed by atoms with Gasteiger partial charge in [-0.05, 0) is 12.8 Å². The molecule has 1 heterocycles. The molecular weight excluding hydrogens is 154 g/mol. The summed E-state index contributed by atoms with van der Waals surface area (Å²) < 4.78 is 30.0. The van der Waals surface area contributed by atoms with Gasteiger partial charge in [0.15, 0.2) is 0 Å². The average molecular weight is 164 g/mol. The lowest BCUT2D eigenvalue weighted by molar-refractivity contribution is -0.0247. The highest BCUT2D eigenvalue weighted by atomic mass is 19.3. The minimum absolute atomic E-state index is 0.105. The lowest BCUT2D eigenvalue weighted by atomic mass is 10.0. The van der Waals surface area contributed by atoms with Crippen LogP contribution in [0.25, 0.3) is 0 Å². The number of hydrogen-bond acceptors (Lipinski definition) is 2. The highest BCUT2D eigenvalue weighted by Crippen LogP contribution is 2.29. The summed E-state index contributed by atoms with van der Waals surface area (Å²) >= 11 is 0. The summed E-state index contributed by atoms with van der Waals surface area (Å²) in [4.78, 5) is 0. The van der Waals surface area contributed by atoms with Crippen LogP contribution in [0.5, 0.6) is 0 Å². The molecule has 11 heavy (non-hydrogen) atoms. The van der Waals surface area contributed by atoms with Gasteiger partial charge in [0.25, 0.3) is 5.92 Å². The Balaban J connectivity index is 2.64. The summed E-state index contributed by atoms with van der Waals surface area (Å²) in [5, 5.41) is 8.30. The van der Waals surface area contributed by atoms with Crippen LogP contribution < -0.4 is 0 Å². The van der Waals surface area contributed by atoms with Crippen molar-refractivity contribution in [1.29, 1.82) is 0 Å². The number of aliphatic hydroxyl groups excluding tert-OH is 1. The van der Waals surface area contributed by atoms with E-state index in [0.29, 0.717) is 19.4 Å². The summed E-state index contributed by atoms with van der Waals surface area (Å²) in [6.45, 7) is -0.646. The van der Waals surface area contributed by atoms with E-state index in [0.717, 1.165) is 6.26 Å². The van der Waals surface area contributed by atoms with Gasteiger partial charge in [0.1, 0.15) is 6.61 Å². The van der Waals surface area contributed by atoms with Crippen LogP contribution in [0.4, 0.5) is 8.78 Å². The van der Waals surface area contributed by atoms with Gasteiger partial charge in [0.2, 0.25) is 0 Å². The number of ether oxygens (including phenoxy) is 1. The zero-order valence-electron chi connectivity index (χ0n) is 6.02. The van der Waals surface area contributed by atoms with Crippen LogP contribution in [0.2, 0.25) is 0 Å². The minimum Gasteiger partial charge on any atom is -0.501 e. The first-order valence-electron chi connectivity index (χ1n) is 3.46. The molecule has 1 aliphatic rings. The lowest BCUT2D eigenvalue weighted by Gasteiger charge is -2.20. The second kappa shape index (κ2) is 3.17. The van der Waals surface area contributed by atoms with E-state index in [9.17, 15) is 8.78 Å². The van der Waals surface area contributed by atoms with E-state index in [-0.39, 0.29) is 5.57 Å². The predicted molar refractivity (Wildman–Crippen MR) is 35.3 cm³/mol. The van der Waals surface area contributed by atoms with Gasteiger partial charge in [-0.15, -0.1) is 0 Å². The molecule has 0 bridgehead atoms. The van der Waals surface area contributed by atoms with Gasteiger partial charge < -0.3 is 9.84 Å². The topological polar surface area (TPSA) is 29.5 Å². The van der Waals surface area contributed by atoms with Gasteiger partial charge in [-0.25, -0.2) is 0 Å². The third-order valence-corrected chi connectivity index (χ3v) is 1.60. The van der Waals surface area contributed by atoms with Crippen LogP contribution in [0, 0.1) is 0 Å². The molecule has 0 unspecified atom stereocenters. The fourth-order valence-electron chi connectivity index (χ4n) is 0.935. The van der Waals surface area contributed by atoms with Crippen molar-refractivity contribution >= 4 is 0 Å². The quantitative estimate of drug-likeness (QED) is 0.666. The van der Waals surface area contributed by atoms with Crippen LogP contribution in [0.15, 0.2) is 11.8 Å². The third kappa shape index (κ3) is 1.89. The van der Waals surface area contributed by atoms with E-state index in [2.05, 4.69) is 0 Å². The van der Waals surface area contributed by atoms with Crippen molar-refractivity contribution in [2.24, 2.45) is 0 Å². The van der Waals surface area contributed by atoms with Crippen molar-refractivity contribution in [3.8, 4) is 0 Å². The van der Waals surface area contributed by atoms with Crippen LogP contribution in [-0.4, -0.2) is 24.2 Å². The molecule has 0 spiro atoms. The van der Waals surface area contributed by atoms with E-state index in [1.807, 2.05) is 0 Å². The van der Waals surface area contributed by atoms with Crippen LogP contribution in [-0.2, 0) is 4.74 Å². The molecule has 1 aliphatic heterocycles. The molecule has 4 heteroatoms. The monoisotopic (exact) mass is 164 g/mol. The van der Waals surface area contributed by atoms with E-state index in [1.165, 1.54) is 0 Å². The SMILES string of the molecule is OCC(F)(F)C1=COCCC1. The molecule has 0 fully saturated rings. The van der Waals surface area contributed by atoms with Crippen LogP contribution in [0.1, 0.15) is 12.8 Å². The maximum Gasteiger partial charge on any atom is 0.295 e. The van der Waals surface area contributed by atoms with Crippen molar-refractivity contribution in [2.75, 3.05) is 13.2 Å². The molecule has 1 rings (SSSR count). The van der Waals surface area contributed by atoms with Gasteiger partial charge in [0.05, 0.1) is 12.9 Å². The summed E-state index contributed by atoms with van der Waals surface area (Å²) in [7, 11) is 0. The molecule has 0 radical (unpaired) electrons. The number of aliphatic hydroxyl groups is 1. The molecule has 0 amide bonds. The maximum absolute atomic E-state index is 12.6. The molecule has 64 valence electrons. The molecule has 0 atom stereocenters. The molecule has 1 N–H and O–H groups in total. The largest absolute Gasteiger partial charge is 0.501 e. The van der Waals surface area contributed by atoms with E-state index in [1.54, 1.807) is 0 Å². The van der Waals surface area contributed by atoms with E-state index >= 15 is 0 Å². The van der Waals surface area contributed by atoms with Crippen molar-refractivity contribution < 1.29 is 18.6 Å². The number of hydrogen-bond donors (Lipinski definition) is 1. The third-order valence-electron chi connectivity index (χ3n) is 1.60. The maximum atomic E-state index is 12.6. The Labute approximate surface area is 63.5 Å². The Hall–Kier alpha value is -0.640. The normalized spacial score (nSPS) is 19.0. The van der Waals surface area contributed by atoms with Crippen molar-refractivity contribution in [2.45, 2.75) is 18.8 Å². The van der Waals surface area contributed by atoms with Crippen LogP contribution >= 0.6 is 0 Å². The van der Waals surface area contributed by atoms with Gasteiger partial charge in [-0.3, -0.25) is 0 Å². The molecule has 0 saturated heterocycles. The lowest BCUT2D eigenvalue weighted by Crippen LogP contribution is -2.26. The molecule has 0 saturated carbocycles. The average Bonchev–Trinajstić information content (AvgIpc) is 2.06. The fraction of sp³-hybridized carbons (Fsp3) is 0.714. The molecule has 2 nitrogen and oxygen atoms in total. The number of alkyl halides is 2. The zero-order valence-corrected chi connectivity index (χ0v) is 6.02. The number of rotatable bonds is 2. The number of halogens is 2. The molecule has 0 aromatic heterocycles. The highest BCUT2D eigenvalue weighted by Gasteiger charge is 2.34. The van der Waals surface area contributed by atoms with Gasteiger partial charge in [-0.2, -0.15) is 8.78 Å². The molecule has 0 aromatic carbocycles. The Morgan fingerprint density at radius 1 is 1.64 bits per heavy atom. The predicted octanol–water partition coefficient (Wildman–Crippen LogP) is 1.31. The minimum atomic E-state index is -3.10. The summed E-state index contributed by atoms with van der Waals surface area (Å²) in [5.41, 5.74) is -0.105. The van der Waals surface area contributed by atoms with Crippen molar-refractivity contribution in [1.82, 2.24) is 0 Å². The second-order valence-corrected chi connectivity index (χ2v) is 2.48. The van der Waals surface area contributed by atoms with Crippen LogP contribution in [0.3, 0.4) is 0 Å². The Morgan fingerprint density at radius 3 is 2.82 bits per heavy atom. The Kier molecular flexibility index (Phi) is 2.44. The second-order valence-electron chi connectivity index (χ2n) is 2.48. The Morgan fingerprint density at radius 2 is 2.36 bits per heavy atom. The summed E-state index contributed by atoms with van der Waals surface area (Å²) in [6.07, 6.45) is 1.97. The Bertz CT molecular complexity index is 166. The summed E-state index contributed by atoms with van der Waals surface area (Å²) in [5.74, 6) is -3.10. The highest BCUT2D eigenvalue weighted by molar-refractivity contribution is 5.11. The molecule has 0 aromatic rings. The molecule has 0 aliphatic carbocycles. The standard InChI is InChI=1S/C7H10F2O2/c8-7(9,5-10)6-2-1-3-11-4-6/h4,10H,1-3,5H2. The fourth-order valence-corrected chi connectivity index (χ4v) is 0.935. The van der Waals surface area contributed by atoms with Crippen molar-refractivity contribution in [3.05, 3.63) is 11.8 Å². The first kappa shape index (κ1) is 8.46.